The second-order valence-corrected chi connectivity index (χ2v) is 6.50. The lowest BCUT2D eigenvalue weighted by molar-refractivity contribution is -0.154. The van der Waals surface area contributed by atoms with Gasteiger partial charge >= 0.3 is 6.18 Å². The second-order valence-electron chi connectivity index (χ2n) is 6.50. The van der Waals surface area contributed by atoms with Crippen LogP contribution in [0.5, 0.6) is 11.6 Å². The Morgan fingerprint density at radius 2 is 1.81 bits per heavy atom. The van der Waals surface area contributed by atoms with E-state index < -0.39 is 18.8 Å². The van der Waals surface area contributed by atoms with Crippen molar-refractivity contribution in [2.45, 2.75) is 12.2 Å². The van der Waals surface area contributed by atoms with Crippen LogP contribution in [-0.4, -0.2) is 30.8 Å². The van der Waals surface area contributed by atoms with Gasteiger partial charge in [-0.1, -0.05) is 36.4 Å². The molecule has 0 aliphatic heterocycles. The fourth-order valence-corrected chi connectivity index (χ4v) is 2.73. The molecule has 0 saturated carbocycles. The molecule has 1 unspecified atom stereocenters. The minimum absolute atomic E-state index is 0.167. The van der Waals surface area contributed by atoms with Crippen LogP contribution in [0.15, 0.2) is 72.9 Å². The van der Waals surface area contributed by atoms with E-state index in [9.17, 15) is 18.0 Å². The van der Waals surface area contributed by atoms with Gasteiger partial charge in [-0.2, -0.15) is 13.2 Å². The SMILES string of the molecule is COc1cccc(NC(=O)C(Nc2ccc(OCC(F)(F)F)nc2)c2ccccc2)c1. The highest BCUT2D eigenvalue weighted by Crippen LogP contribution is 2.24. The van der Waals surface area contributed by atoms with Crippen molar-refractivity contribution in [2.75, 3.05) is 24.4 Å². The molecule has 0 radical (unpaired) electrons. The number of hydrogen-bond donors (Lipinski definition) is 2. The number of hydrogen-bond acceptors (Lipinski definition) is 5. The summed E-state index contributed by atoms with van der Waals surface area (Å²) in [5.41, 5.74) is 1.69. The smallest absolute Gasteiger partial charge is 0.422 e. The van der Waals surface area contributed by atoms with Crippen LogP contribution >= 0.6 is 0 Å². The van der Waals surface area contributed by atoms with Crippen molar-refractivity contribution >= 4 is 17.3 Å². The van der Waals surface area contributed by atoms with Crippen LogP contribution in [0.4, 0.5) is 24.5 Å². The molecular formula is C22H20F3N3O3. The molecule has 0 bridgehead atoms. The molecule has 3 aromatic rings. The Morgan fingerprint density at radius 3 is 2.45 bits per heavy atom. The number of nitrogens with one attached hydrogen (secondary N) is 2. The molecule has 3 rings (SSSR count). The molecule has 162 valence electrons. The number of anilines is 2. The summed E-state index contributed by atoms with van der Waals surface area (Å²) in [7, 11) is 1.53. The molecule has 1 heterocycles. The van der Waals surface area contributed by atoms with Gasteiger partial charge in [0.2, 0.25) is 5.88 Å². The van der Waals surface area contributed by atoms with Gasteiger partial charge in [0.05, 0.1) is 19.0 Å². The maximum atomic E-state index is 13.0. The summed E-state index contributed by atoms with van der Waals surface area (Å²) in [6, 6.07) is 18.0. The number of nitrogens with zero attached hydrogens (tertiary/aromatic N) is 1. The van der Waals surface area contributed by atoms with Gasteiger partial charge in [0.25, 0.3) is 5.91 Å². The molecule has 2 N–H and O–H groups in total. The van der Waals surface area contributed by atoms with Gasteiger partial charge < -0.3 is 20.1 Å². The fourth-order valence-electron chi connectivity index (χ4n) is 2.73. The standard InChI is InChI=1S/C22H20F3N3O3/c1-30-18-9-5-8-16(12-18)28-21(29)20(15-6-3-2-4-7-15)27-17-10-11-19(26-13-17)31-14-22(23,24)25/h2-13,20,27H,14H2,1H3,(H,28,29). The summed E-state index contributed by atoms with van der Waals surface area (Å²) in [5.74, 6) is 0.0949. The average Bonchev–Trinajstić information content (AvgIpc) is 2.77. The highest BCUT2D eigenvalue weighted by atomic mass is 19.4. The van der Waals surface area contributed by atoms with Crippen LogP contribution in [0, 0.1) is 0 Å². The first-order valence-electron chi connectivity index (χ1n) is 9.26. The van der Waals surface area contributed by atoms with Crippen molar-refractivity contribution in [3.05, 3.63) is 78.5 Å². The lowest BCUT2D eigenvalue weighted by Gasteiger charge is -2.20. The van der Waals surface area contributed by atoms with Crippen molar-refractivity contribution in [1.82, 2.24) is 4.98 Å². The Labute approximate surface area is 177 Å². The molecule has 1 aromatic heterocycles. The van der Waals surface area contributed by atoms with E-state index in [0.29, 0.717) is 22.7 Å². The largest absolute Gasteiger partial charge is 0.497 e. The molecule has 2 aromatic carbocycles. The third kappa shape index (κ3) is 6.63. The zero-order valence-corrected chi connectivity index (χ0v) is 16.5. The first kappa shape index (κ1) is 21.9. The number of pyridine rings is 1. The summed E-state index contributed by atoms with van der Waals surface area (Å²) < 4.78 is 46.6. The highest BCUT2D eigenvalue weighted by molar-refractivity contribution is 5.97. The van der Waals surface area contributed by atoms with Gasteiger partial charge in [-0.15, -0.1) is 0 Å². The Balaban J connectivity index is 1.76. The van der Waals surface area contributed by atoms with Gasteiger partial charge in [-0.3, -0.25) is 4.79 Å². The van der Waals surface area contributed by atoms with Crippen LogP contribution in [0.1, 0.15) is 11.6 Å². The van der Waals surface area contributed by atoms with E-state index in [2.05, 4.69) is 20.4 Å². The first-order chi connectivity index (χ1) is 14.8. The minimum atomic E-state index is -4.45. The van der Waals surface area contributed by atoms with Crippen molar-refractivity contribution in [3.8, 4) is 11.6 Å². The van der Waals surface area contributed by atoms with E-state index in [1.54, 1.807) is 48.5 Å². The van der Waals surface area contributed by atoms with Gasteiger partial charge in [-0.05, 0) is 23.8 Å². The molecule has 9 heteroatoms. The van der Waals surface area contributed by atoms with Gasteiger partial charge in [0.1, 0.15) is 11.8 Å². The zero-order valence-electron chi connectivity index (χ0n) is 16.5. The number of alkyl halides is 3. The second kappa shape index (κ2) is 9.84. The summed E-state index contributed by atoms with van der Waals surface area (Å²) >= 11 is 0. The van der Waals surface area contributed by atoms with Crippen molar-refractivity contribution in [1.29, 1.82) is 0 Å². The third-order valence-electron chi connectivity index (χ3n) is 4.16. The Morgan fingerprint density at radius 1 is 1.03 bits per heavy atom. The third-order valence-corrected chi connectivity index (χ3v) is 4.16. The van der Waals surface area contributed by atoms with Crippen LogP contribution in [-0.2, 0) is 4.79 Å². The lowest BCUT2D eigenvalue weighted by Crippen LogP contribution is -2.27. The van der Waals surface area contributed by atoms with E-state index >= 15 is 0 Å². The van der Waals surface area contributed by atoms with Crippen molar-refractivity contribution in [2.24, 2.45) is 0 Å². The van der Waals surface area contributed by atoms with E-state index in [4.69, 9.17) is 4.74 Å². The number of amides is 1. The van der Waals surface area contributed by atoms with E-state index in [1.165, 1.54) is 25.4 Å². The van der Waals surface area contributed by atoms with Crippen LogP contribution in [0.2, 0.25) is 0 Å². The molecule has 0 fully saturated rings. The average molecular weight is 431 g/mol. The molecule has 1 amide bonds. The molecule has 6 nitrogen and oxygen atoms in total. The van der Waals surface area contributed by atoms with Gasteiger partial charge in [0.15, 0.2) is 6.61 Å². The maximum Gasteiger partial charge on any atom is 0.422 e. The van der Waals surface area contributed by atoms with E-state index in [1.807, 2.05) is 6.07 Å². The molecule has 0 saturated heterocycles. The van der Waals surface area contributed by atoms with Crippen LogP contribution in [0.3, 0.4) is 0 Å². The van der Waals surface area contributed by atoms with Crippen LogP contribution < -0.4 is 20.1 Å². The minimum Gasteiger partial charge on any atom is -0.497 e. The van der Waals surface area contributed by atoms with E-state index in [0.717, 1.165) is 0 Å². The fraction of sp³-hybridized carbons (Fsp3) is 0.182. The number of rotatable bonds is 8. The Kier molecular flexibility index (Phi) is 6.96. The lowest BCUT2D eigenvalue weighted by atomic mass is 10.1. The summed E-state index contributed by atoms with van der Waals surface area (Å²) in [6.45, 7) is -1.43. The zero-order chi connectivity index (χ0) is 22.3. The molecule has 31 heavy (non-hydrogen) atoms. The number of benzene rings is 2. The van der Waals surface area contributed by atoms with Gasteiger partial charge in [-0.25, -0.2) is 4.98 Å². The quantitative estimate of drug-likeness (QED) is 0.535. The normalized spacial score (nSPS) is 12.0. The molecule has 0 aliphatic rings. The molecule has 1 atom stereocenters. The first-order valence-corrected chi connectivity index (χ1v) is 9.26. The maximum absolute atomic E-state index is 13.0. The number of halogens is 3. The summed E-state index contributed by atoms with van der Waals surface area (Å²) in [5, 5.41) is 5.89. The monoisotopic (exact) mass is 431 g/mol. The topological polar surface area (TPSA) is 72.5 Å². The molecular weight excluding hydrogens is 411 g/mol. The molecule has 0 spiro atoms. The number of carbonyl (C=O) groups is 1. The predicted octanol–water partition coefficient (Wildman–Crippen LogP) is 4.82. The predicted molar refractivity (Wildman–Crippen MR) is 110 cm³/mol. The van der Waals surface area contributed by atoms with Gasteiger partial charge in [0, 0.05) is 17.8 Å². The number of methoxy groups -OCH3 is 1. The Hall–Kier alpha value is -3.75. The number of ether oxygens (including phenoxy) is 2. The van der Waals surface area contributed by atoms with E-state index in [-0.39, 0.29) is 11.8 Å². The number of aromatic nitrogens is 1. The van der Waals surface area contributed by atoms with Crippen LogP contribution in [0.25, 0.3) is 0 Å². The number of carbonyl (C=O) groups excluding carboxylic acids is 1. The molecule has 0 aliphatic carbocycles. The van der Waals surface area contributed by atoms with Crippen molar-refractivity contribution in [3.63, 3.8) is 0 Å². The van der Waals surface area contributed by atoms with Crippen molar-refractivity contribution < 1.29 is 27.4 Å². The summed E-state index contributed by atoms with van der Waals surface area (Å²) in [4.78, 5) is 16.9. The summed E-state index contributed by atoms with van der Waals surface area (Å²) in [6.07, 6.45) is -3.14. The Bertz CT molecular complexity index is 996. The highest BCUT2D eigenvalue weighted by Gasteiger charge is 2.28.